The summed E-state index contributed by atoms with van der Waals surface area (Å²) in [4.78, 5) is 8.58. The summed E-state index contributed by atoms with van der Waals surface area (Å²) in [5.41, 5.74) is 9.76. The third kappa shape index (κ3) is 1.63. The van der Waals surface area contributed by atoms with Gasteiger partial charge in [-0.3, -0.25) is 4.98 Å². The molecule has 2 heterocycles. The Morgan fingerprint density at radius 1 is 1.24 bits per heavy atom. The molecule has 0 radical (unpaired) electrons. The van der Waals surface area contributed by atoms with Crippen LogP contribution in [-0.2, 0) is 0 Å². The molecule has 1 aromatic carbocycles. The quantitative estimate of drug-likeness (QED) is 0.647. The summed E-state index contributed by atoms with van der Waals surface area (Å²) in [5.74, 6) is 0.519. The number of oxazole rings is 1. The summed E-state index contributed by atoms with van der Waals surface area (Å²) in [6.45, 7) is 1.94. The lowest BCUT2D eigenvalue weighted by Crippen LogP contribution is -1.88. The number of rotatable bonds is 1. The minimum absolute atomic E-state index is 0.519. The molecule has 4 nitrogen and oxygen atoms in total. The van der Waals surface area contributed by atoms with Gasteiger partial charge >= 0.3 is 0 Å². The fourth-order valence-corrected chi connectivity index (χ4v) is 1.69. The Hall–Kier alpha value is -2.36. The van der Waals surface area contributed by atoms with Crippen LogP contribution in [0.3, 0.4) is 0 Å². The maximum absolute atomic E-state index is 5.84. The molecule has 0 unspecified atom stereocenters. The van der Waals surface area contributed by atoms with E-state index in [1.54, 1.807) is 6.20 Å². The number of hydrogen-bond acceptors (Lipinski definition) is 4. The molecule has 0 bridgehead atoms. The van der Waals surface area contributed by atoms with Crippen LogP contribution in [0.2, 0.25) is 0 Å². The molecular weight excluding hydrogens is 214 g/mol. The number of nitrogen functional groups attached to an aromatic ring is 1. The number of nitrogens with two attached hydrogens (primary N) is 1. The first-order valence-electron chi connectivity index (χ1n) is 5.32. The second-order valence-electron chi connectivity index (χ2n) is 3.91. The third-order valence-electron chi connectivity index (χ3n) is 2.66. The zero-order chi connectivity index (χ0) is 11.8. The normalized spacial score (nSPS) is 10.9. The third-order valence-corrected chi connectivity index (χ3v) is 2.66. The number of hydrogen-bond donors (Lipinski definition) is 1. The standard InChI is InChI=1S/C13H11N3O/c1-8-6-12-11(7-9(8)14)16-13(17-12)10-4-2-3-5-15-10/h2-7H,14H2,1H3. The zero-order valence-corrected chi connectivity index (χ0v) is 9.34. The van der Waals surface area contributed by atoms with Gasteiger partial charge < -0.3 is 10.2 Å². The topological polar surface area (TPSA) is 64.9 Å². The van der Waals surface area contributed by atoms with E-state index in [0.717, 1.165) is 28.0 Å². The lowest BCUT2D eigenvalue weighted by Gasteiger charge is -1.96. The van der Waals surface area contributed by atoms with Crippen molar-refractivity contribution in [2.24, 2.45) is 0 Å². The maximum Gasteiger partial charge on any atom is 0.246 e. The predicted molar refractivity (Wildman–Crippen MR) is 66.4 cm³/mol. The van der Waals surface area contributed by atoms with Crippen LogP contribution in [0.4, 0.5) is 5.69 Å². The Bertz CT molecular complexity index is 635. The molecule has 0 fully saturated rings. The summed E-state index contributed by atoms with van der Waals surface area (Å²) in [6.07, 6.45) is 1.71. The van der Waals surface area contributed by atoms with E-state index in [4.69, 9.17) is 10.2 Å². The Morgan fingerprint density at radius 3 is 2.88 bits per heavy atom. The van der Waals surface area contributed by atoms with Crippen LogP contribution in [0.1, 0.15) is 5.56 Å². The highest BCUT2D eigenvalue weighted by Gasteiger charge is 2.10. The molecule has 0 aliphatic heterocycles. The first-order valence-corrected chi connectivity index (χ1v) is 5.32. The molecule has 0 saturated carbocycles. The molecule has 0 amide bonds. The van der Waals surface area contributed by atoms with Gasteiger partial charge in [0.2, 0.25) is 5.89 Å². The molecule has 17 heavy (non-hydrogen) atoms. The zero-order valence-electron chi connectivity index (χ0n) is 9.34. The van der Waals surface area contributed by atoms with Gasteiger partial charge in [-0.25, -0.2) is 4.98 Å². The molecule has 0 atom stereocenters. The van der Waals surface area contributed by atoms with Crippen molar-refractivity contribution in [1.82, 2.24) is 9.97 Å². The molecule has 3 aromatic rings. The number of anilines is 1. The molecule has 2 aromatic heterocycles. The Kier molecular flexibility index (Phi) is 2.08. The van der Waals surface area contributed by atoms with Gasteiger partial charge in [0.25, 0.3) is 0 Å². The van der Waals surface area contributed by atoms with Gasteiger partial charge in [0.1, 0.15) is 11.2 Å². The van der Waals surface area contributed by atoms with Crippen molar-refractivity contribution in [2.75, 3.05) is 5.73 Å². The molecule has 0 saturated heterocycles. The first kappa shape index (κ1) is 9.84. The summed E-state index contributed by atoms with van der Waals surface area (Å²) < 4.78 is 5.66. The van der Waals surface area contributed by atoms with Crippen LogP contribution >= 0.6 is 0 Å². The van der Waals surface area contributed by atoms with Crippen LogP contribution in [0.5, 0.6) is 0 Å². The smallest absolute Gasteiger partial charge is 0.246 e. The van der Waals surface area contributed by atoms with Gasteiger partial charge in [-0.15, -0.1) is 0 Å². The molecule has 2 N–H and O–H groups in total. The van der Waals surface area contributed by atoms with Gasteiger partial charge in [0.15, 0.2) is 5.58 Å². The molecular formula is C13H11N3O. The number of benzene rings is 1. The van der Waals surface area contributed by atoms with Gasteiger partial charge in [-0.2, -0.15) is 0 Å². The summed E-state index contributed by atoms with van der Waals surface area (Å²) >= 11 is 0. The SMILES string of the molecule is Cc1cc2oc(-c3ccccn3)nc2cc1N. The second-order valence-corrected chi connectivity index (χ2v) is 3.91. The number of aryl methyl sites for hydroxylation is 1. The van der Waals surface area contributed by atoms with Crippen molar-refractivity contribution in [1.29, 1.82) is 0 Å². The van der Waals surface area contributed by atoms with Crippen molar-refractivity contribution in [3.8, 4) is 11.6 Å². The largest absolute Gasteiger partial charge is 0.435 e. The minimum atomic E-state index is 0.519. The van der Waals surface area contributed by atoms with Crippen LogP contribution in [0.15, 0.2) is 40.9 Å². The van der Waals surface area contributed by atoms with Crippen molar-refractivity contribution < 1.29 is 4.42 Å². The highest BCUT2D eigenvalue weighted by Crippen LogP contribution is 2.26. The number of nitrogens with zero attached hydrogens (tertiary/aromatic N) is 2. The van der Waals surface area contributed by atoms with E-state index >= 15 is 0 Å². The molecule has 0 spiro atoms. The molecule has 3 rings (SSSR count). The maximum atomic E-state index is 5.84. The van der Waals surface area contributed by atoms with Crippen LogP contribution in [0.25, 0.3) is 22.7 Å². The minimum Gasteiger partial charge on any atom is -0.435 e. The molecule has 4 heteroatoms. The average Bonchev–Trinajstić information content (AvgIpc) is 2.74. The lowest BCUT2D eigenvalue weighted by molar-refractivity contribution is 0.616. The average molecular weight is 225 g/mol. The number of pyridine rings is 1. The van der Waals surface area contributed by atoms with Crippen molar-refractivity contribution in [3.05, 3.63) is 42.1 Å². The van der Waals surface area contributed by atoms with Crippen LogP contribution < -0.4 is 5.73 Å². The second kappa shape index (κ2) is 3.59. The lowest BCUT2D eigenvalue weighted by atomic mass is 10.2. The first-order chi connectivity index (χ1) is 8.24. The molecule has 0 aliphatic carbocycles. The van der Waals surface area contributed by atoms with E-state index in [-0.39, 0.29) is 0 Å². The van der Waals surface area contributed by atoms with Crippen molar-refractivity contribution >= 4 is 16.8 Å². The van der Waals surface area contributed by atoms with E-state index in [1.807, 2.05) is 37.3 Å². The van der Waals surface area contributed by atoms with Gasteiger partial charge in [-0.05, 0) is 36.8 Å². The van der Waals surface area contributed by atoms with E-state index in [1.165, 1.54) is 0 Å². The predicted octanol–water partition coefficient (Wildman–Crippen LogP) is 2.78. The fraction of sp³-hybridized carbons (Fsp3) is 0.0769. The van der Waals surface area contributed by atoms with Gasteiger partial charge in [-0.1, -0.05) is 6.07 Å². The van der Waals surface area contributed by atoms with E-state index in [9.17, 15) is 0 Å². The van der Waals surface area contributed by atoms with Crippen LogP contribution in [-0.4, -0.2) is 9.97 Å². The number of fused-ring (bicyclic) bond motifs is 1. The number of aromatic nitrogens is 2. The van der Waals surface area contributed by atoms with Crippen molar-refractivity contribution in [2.45, 2.75) is 6.92 Å². The molecule has 84 valence electrons. The van der Waals surface area contributed by atoms with E-state index in [0.29, 0.717) is 5.89 Å². The van der Waals surface area contributed by atoms with Crippen LogP contribution in [0, 0.1) is 6.92 Å². The summed E-state index contributed by atoms with van der Waals surface area (Å²) in [5, 5.41) is 0. The van der Waals surface area contributed by atoms with Gasteiger partial charge in [0.05, 0.1) is 0 Å². The Morgan fingerprint density at radius 2 is 2.12 bits per heavy atom. The highest BCUT2D eigenvalue weighted by molar-refractivity contribution is 5.80. The molecule has 0 aliphatic rings. The summed E-state index contributed by atoms with van der Waals surface area (Å²) in [6, 6.07) is 9.33. The Labute approximate surface area is 98.1 Å². The summed E-state index contributed by atoms with van der Waals surface area (Å²) in [7, 11) is 0. The Balaban J connectivity index is 2.21. The highest BCUT2D eigenvalue weighted by atomic mass is 16.3. The van der Waals surface area contributed by atoms with E-state index < -0.39 is 0 Å². The van der Waals surface area contributed by atoms with Gasteiger partial charge in [0, 0.05) is 11.9 Å². The van der Waals surface area contributed by atoms with E-state index in [2.05, 4.69) is 9.97 Å². The fourth-order valence-electron chi connectivity index (χ4n) is 1.69. The monoisotopic (exact) mass is 225 g/mol. The van der Waals surface area contributed by atoms with Crippen molar-refractivity contribution in [3.63, 3.8) is 0 Å².